The standard InChI is InChI=1S/C22H22ClN5O4S.2H2/c23-19-4-2-1-3-18(19)21(29)22(30)28-13-11-27(12-14-28)16-5-7-17(8-6-16)33(31,32)26-20-9-10-24-15-25-20;;/h1-10,15,21,29H,11-14H2,(H,24,25,26);2*1H. The lowest BCUT2D eigenvalue weighted by molar-refractivity contribution is -0.140. The number of piperazine rings is 1. The molecule has 0 saturated carbocycles. The molecular formula is C22H26ClN5O4S. The number of carbonyl (C=O) groups is 1. The zero-order valence-electron chi connectivity index (χ0n) is 17.5. The second kappa shape index (κ2) is 9.74. The Balaban J connectivity index is 0.00000216. The van der Waals surface area contributed by atoms with E-state index >= 15 is 0 Å². The number of nitrogens with one attached hydrogen (secondary N) is 1. The Morgan fingerprint density at radius 3 is 2.39 bits per heavy atom. The van der Waals surface area contributed by atoms with E-state index in [9.17, 15) is 18.3 Å². The third-order valence-electron chi connectivity index (χ3n) is 5.36. The molecule has 1 aliphatic rings. The molecule has 2 aromatic carbocycles. The van der Waals surface area contributed by atoms with Gasteiger partial charge in [-0.3, -0.25) is 9.52 Å². The van der Waals surface area contributed by atoms with Gasteiger partial charge in [-0.2, -0.15) is 0 Å². The SMILES string of the molecule is O=C(C(O)c1ccccc1Cl)N1CCN(c2ccc(S(=O)(=O)Nc3ccncn3)cc2)CC1.[HH].[HH]. The molecule has 9 nitrogen and oxygen atoms in total. The Bertz CT molecular complexity index is 1230. The van der Waals surface area contributed by atoms with Crippen molar-refractivity contribution in [3.05, 3.63) is 77.7 Å². The van der Waals surface area contributed by atoms with E-state index in [1.807, 2.05) is 0 Å². The topological polar surface area (TPSA) is 116 Å². The van der Waals surface area contributed by atoms with Gasteiger partial charge in [0.05, 0.1) is 4.90 Å². The van der Waals surface area contributed by atoms with Gasteiger partial charge >= 0.3 is 0 Å². The van der Waals surface area contributed by atoms with Crippen LogP contribution in [0.4, 0.5) is 11.5 Å². The number of sulfonamides is 1. The molecule has 1 atom stereocenters. The predicted molar refractivity (Wildman–Crippen MR) is 129 cm³/mol. The number of amides is 1. The summed E-state index contributed by atoms with van der Waals surface area (Å²) in [6.45, 7) is 1.95. The highest BCUT2D eigenvalue weighted by Crippen LogP contribution is 2.26. The minimum atomic E-state index is -3.77. The number of nitrogens with zero attached hydrogens (tertiary/aromatic N) is 4. The van der Waals surface area contributed by atoms with Gasteiger partial charge in [0.1, 0.15) is 12.1 Å². The van der Waals surface area contributed by atoms with Crippen molar-refractivity contribution in [1.82, 2.24) is 14.9 Å². The lowest BCUT2D eigenvalue weighted by Crippen LogP contribution is -2.50. The first-order valence-corrected chi connectivity index (χ1v) is 12.1. The first-order chi connectivity index (χ1) is 15.8. The third kappa shape index (κ3) is 5.24. The molecule has 0 radical (unpaired) electrons. The Morgan fingerprint density at radius 2 is 1.76 bits per heavy atom. The first-order valence-electron chi connectivity index (χ1n) is 10.2. The summed E-state index contributed by atoms with van der Waals surface area (Å²) in [6.07, 6.45) is 1.40. The van der Waals surface area contributed by atoms with Crippen molar-refractivity contribution >= 4 is 39.0 Å². The van der Waals surface area contributed by atoms with Crippen LogP contribution in [0.1, 0.15) is 14.5 Å². The fourth-order valence-electron chi connectivity index (χ4n) is 3.57. The summed E-state index contributed by atoms with van der Waals surface area (Å²) < 4.78 is 27.5. The Hall–Kier alpha value is -3.21. The summed E-state index contributed by atoms with van der Waals surface area (Å²) in [5, 5.41) is 10.8. The molecular weight excluding hydrogens is 466 g/mol. The highest BCUT2D eigenvalue weighted by Gasteiger charge is 2.28. The summed E-state index contributed by atoms with van der Waals surface area (Å²) in [7, 11) is -3.77. The summed E-state index contributed by atoms with van der Waals surface area (Å²) in [6, 6.07) is 14.7. The van der Waals surface area contributed by atoms with Crippen LogP contribution in [0.5, 0.6) is 0 Å². The number of anilines is 2. The predicted octanol–water partition coefficient (Wildman–Crippen LogP) is 2.81. The van der Waals surface area contributed by atoms with Crippen LogP contribution in [0.2, 0.25) is 5.02 Å². The number of benzene rings is 2. The van der Waals surface area contributed by atoms with E-state index in [1.165, 1.54) is 30.7 Å². The van der Waals surface area contributed by atoms with Crippen molar-refractivity contribution in [3.8, 4) is 0 Å². The van der Waals surface area contributed by atoms with Gasteiger partial charge in [-0.05, 0) is 36.4 Å². The summed E-state index contributed by atoms with van der Waals surface area (Å²) in [5.74, 6) is -0.200. The van der Waals surface area contributed by atoms with Crippen LogP contribution in [0.15, 0.2) is 72.0 Å². The van der Waals surface area contributed by atoms with E-state index in [0.29, 0.717) is 36.8 Å². The van der Waals surface area contributed by atoms with Crippen LogP contribution < -0.4 is 9.62 Å². The van der Waals surface area contributed by atoms with Crippen molar-refractivity contribution in [2.24, 2.45) is 0 Å². The monoisotopic (exact) mass is 491 g/mol. The minimum Gasteiger partial charge on any atom is -0.378 e. The van der Waals surface area contributed by atoms with Gasteiger partial charge in [0.25, 0.3) is 15.9 Å². The van der Waals surface area contributed by atoms with Gasteiger partial charge in [0.15, 0.2) is 6.10 Å². The number of aliphatic hydroxyl groups excluding tert-OH is 1. The van der Waals surface area contributed by atoms with Gasteiger partial charge < -0.3 is 14.9 Å². The van der Waals surface area contributed by atoms with E-state index in [-0.39, 0.29) is 19.5 Å². The maximum Gasteiger partial charge on any atom is 0.263 e. The number of carbonyl (C=O) groups excluding carboxylic acids is 1. The molecule has 2 N–H and O–H groups in total. The lowest BCUT2D eigenvalue weighted by Gasteiger charge is -2.37. The molecule has 1 fully saturated rings. The average Bonchev–Trinajstić information content (AvgIpc) is 2.84. The molecule has 0 aliphatic carbocycles. The van der Waals surface area contributed by atoms with Crippen LogP contribution in [0, 0.1) is 0 Å². The molecule has 1 unspecified atom stereocenters. The highest BCUT2D eigenvalue weighted by atomic mass is 35.5. The Morgan fingerprint density at radius 1 is 1.06 bits per heavy atom. The molecule has 1 aromatic heterocycles. The largest absolute Gasteiger partial charge is 0.378 e. The van der Waals surface area contributed by atoms with Crippen LogP contribution in [-0.4, -0.2) is 60.5 Å². The van der Waals surface area contributed by atoms with Crippen LogP contribution >= 0.6 is 11.6 Å². The fourth-order valence-corrected chi connectivity index (χ4v) is 4.82. The normalized spacial score (nSPS) is 15.2. The second-order valence-electron chi connectivity index (χ2n) is 7.43. The second-order valence-corrected chi connectivity index (χ2v) is 9.52. The van der Waals surface area contributed by atoms with Crippen LogP contribution in [0.25, 0.3) is 0 Å². The van der Waals surface area contributed by atoms with Crippen molar-refractivity contribution < 1.29 is 21.2 Å². The van der Waals surface area contributed by atoms with Gasteiger partial charge in [0, 0.05) is 51.5 Å². The highest BCUT2D eigenvalue weighted by molar-refractivity contribution is 7.92. The molecule has 11 heteroatoms. The zero-order chi connectivity index (χ0) is 23.4. The molecule has 1 saturated heterocycles. The van der Waals surface area contributed by atoms with Crippen molar-refractivity contribution in [3.63, 3.8) is 0 Å². The molecule has 1 aliphatic heterocycles. The molecule has 2 heterocycles. The molecule has 0 spiro atoms. The van der Waals surface area contributed by atoms with E-state index in [0.717, 1.165) is 5.69 Å². The number of hydrogen-bond donors (Lipinski definition) is 2. The van der Waals surface area contributed by atoms with Crippen molar-refractivity contribution in [2.75, 3.05) is 35.8 Å². The molecule has 0 bridgehead atoms. The maximum atomic E-state index is 12.7. The number of rotatable bonds is 6. The van der Waals surface area contributed by atoms with Gasteiger partial charge in [0.2, 0.25) is 0 Å². The smallest absolute Gasteiger partial charge is 0.263 e. The Kier molecular flexibility index (Phi) is 6.77. The molecule has 1 amide bonds. The number of halogens is 1. The number of hydrogen-bond acceptors (Lipinski definition) is 7. The molecule has 33 heavy (non-hydrogen) atoms. The summed E-state index contributed by atoms with van der Waals surface area (Å²) in [4.78, 5) is 24.1. The first kappa shape index (κ1) is 23.0. The minimum absolute atomic E-state index is 0. The zero-order valence-corrected chi connectivity index (χ0v) is 19.1. The van der Waals surface area contributed by atoms with E-state index in [4.69, 9.17) is 11.6 Å². The van der Waals surface area contributed by atoms with E-state index in [1.54, 1.807) is 41.3 Å². The van der Waals surface area contributed by atoms with E-state index in [2.05, 4.69) is 19.6 Å². The number of aromatic nitrogens is 2. The van der Waals surface area contributed by atoms with Gasteiger partial charge in [-0.25, -0.2) is 18.4 Å². The average molecular weight is 492 g/mol. The molecule has 4 rings (SSSR count). The van der Waals surface area contributed by atoms with Crippen LogP contribution in [0.3, 0.4) is 0 Å². The summed E-state index contributed by atoms with van der Waals surface area (Å²) >= 11 is 6.10. The lowest BCUT2D eigenvalue weighted by atomic mass is 10.1. The van der Waals surface area contributed by atoms with Crippen molar-refractivity contribution in [2.45, 2.75) is 11.0 Å². The third-order valence-corrected chi connectivity index (χ3v) is 7.07. The summed E-state index contributed by atoms with van der Waals surface area (Å²) in [5.41, 5.74) is 1.23. The quantitative estimate of drug-likeness (QED) is 0.544. The molecule has 3 aromatic rings. The number of aliphatic hydroxyl groups is 1. The fraction of sp³-hybridized carbons (Fsp3) is 0.227. The van der Waals surface area contributed by atoms with E-state index < -0.39 is 16.1 Å². The molecule has 176 valence electrons. The Labute approximate surface area is 199 Å². The van der Waals surface area contributed by atoms with Gasteiger partial charge in [-0.1, -0.05) is 29.8 Å². The van der Waals surface area contributed by atoms with Crippen LogP contribution in [-0.2, 0) is 14.8 Å². The van der Waals surface area contributed by atoms with Crippen molar-refractivity contribution in [1.29, 1.82) is 0 Å². The maximum absolute atomic E-state index is 12.7. The van der Waals surface area contributed by atoms with Gasteiger partial charge in [-0.15, -0.1) is 0 Å².